The van der Waals surface area contributed by atoms with Crippen molar-refractivity contribution in [3.8, 4) is 0 Å². The zero-order valence-electron chi connectivity index (χ0n) is 10.1. The lowest BCUT2D eigenvalue weighted by Crippen LogP contribution is -2.44. The van der Waals surface area contributed by atoms with Gasteiger partial charge < -0.3 is 20.1 Å². The van der Waals surface area contributed by atoms with E-state index >= 15 is 0 Å². The molecule has 2 N–H and O–H groups in total. The van der Waals surface area contributed by atoms with Gasteiger partial charge in [0.2, 0.25) is 5.91 Å². The summed E-state index contributed by atoms with van der Waals surface area (Å²) in [5, 5.41) is 6.10. The molecule has 1 fully saturated rings. The van der Waals surface area contributed by atoms with Gasteiger partial charge in [0, 0.05) is 32.4 Å². The predicted molar refractivity (Wildman–Crippen MR) is 61.3 cm³/mol. The van der Waals surface area contributed by atoms with Crippen LogP contribution in [0, 0.1) is 0 Å². The first-order valence-electron chi connectivity index (χ1n) is 5.81. The molecule has 5 nitrogen and oxygen atoms in total. The van der Waals surface area contributed by atoms with Crippen molar-refractivity contribution < 1.29 is 14.3 Å². The quantitative estimate of drug-likeness (QED) is 0.669. The van der Waals surface area contributed by atoms with Gasteiger partial charge in [0.05, 0.1) is 13.2 Å². The molecule has 1 heterocycles. The number of methoxy groups -OCH3 is 1. The summed E-state index contributed by atoms with van der Waals surface area (Å²) in [4.78, 5) is 11.5. The van der Waals surface area contributed by atoms with Gasteiger partial charge in [0.1, 0.15) is 0 Å². The molecule has 0 aromatic heterocycles. The monoisotopic (exact) mass is 230 g/mol. The van der Waals surface area contributed by atoms with Crippen LogP contribution in [0.2, 0.25) is 0 Å². The van der Waals surface area contributed by atoms with Crippen molar-refractivity contribution in [1.82, 2.24) is 10.6 Å². The molecule has 1 aliphatic rings. The van der Waals surface area contributed by atoms with Crippen LogP contribution in [0.1, 0.15) is 19.8 Å². The second-order valence-corrected chi connectivity index (χ2v) is 4.19. The van der Waals surface area contributed by atoms with Crippen LogP contribution in [0.15, 0.2) is 0 Å². The Balaban J connectivity index is 2.09. The Bertz CT molecular complexity index is 205. The Kier molecular flexibility index (Phi) is 6.37. The summed E-state index contributed by atoms with van der Waals surface area (Å²) in [7, 11) is 1.63. The third kappa shape index (κ3) is 5.44. The largest absolute Gasteiger partial charge is 0.383 e. The van der Waals surface area contributed by atoms with Gasteiger partial charge in [-0.25, -0.2) is 0 Å². The fourth-order valence-corrected chi connectivity index (χ4v) is 1.76. The lowest BCUT2D eigenvalue weighted by Gasteiger charge is -2.23. The Morgan fingerprint density at radius 2 is 2.19 bits per heavy atom. The molecular formula is C11H22N2O3. The van der Waals surface area contributed by atoms with Gasteiger partial charge in [-0.3, -0.25) is 4.79 Å². The first kappa shape index (κ1) is 13.4. The number of carbonyl (C=O) groups excluding carboxylic acids is 1. The van der Waals surface area contributed by atoms with Crippen molar-refractivity contribution >= 4 is 5.91 Å². The molecule has 0 saturated carbocycles. The Labute approximate surface area is 96.9 Å². The smallest absolute Gasteiger partial charge is 0.234 e. The highest BCUT2D eigenvalue weighted by molar-refractivity contribution is 5.78. The minimum absolute atomic E-state index is 0.0241. The van der Waals surface area contributed by atoms with Gasteiger partial charge in [-0.1, -0.05) is 0 Å². The summed E-state index contributed by atoms with van der Waals surface area (Å²) >= 11 is 0. The van der Waals surface area contributed by atoms with Crippen molar-refractivity contribution in [2.45, 2.75) is 31.8 Å². The number of nitrogens with one attached hydrogen (secondary N) is 2. The van der Waals surface area contributed by atoms with E-state index in [0.29, 0.717) is 19.2 Å². The molecule has 0 bridgehead atoms. The van der Waals surface area contributed by atoms with Gasteiger partial charge in [0.25, 0.3) is 0 Å². The van der Waals surface area contributed by atoms with E-state index in [1.165, 1.54) is 0 Å². The van der Waals surface area contributed by atoms with Crippen LogP contribution in [0.4, 0.5) is 0 Å². The minimum atomic E-state index is 0.0241. The van der Waals surface area contributed by atoms with Crippen LogP contribution in [0.3, 0.4) is 0 Å². The van der Waals surface area contributed by atoms with Crippen molar-refractivity contribution in [2.75, 3.05) is 33.5 Å². The number of ether oxygens (including phenoxy) is 2. The van der Waals surface area contributed by atoms with Crippen LogP contribution in [0.25, 0.3) is 0 Å². The van der Waals surface area contributed by atoms with Crippen LogP contribution >= 0.6 is 0 Å². The van der Waals surface area contributed by atoms with E-state index in [-0.39, 0.29) is 11.9 Å². The lowest BCUT2D eigenvalue weighted by atomic mass is 10.1. The van der Waals surface area contributed by atoms with E-state index in [9.17, 15) is 4.79 Å². The van der Waals surface area contributed by atoms with E-state index in [1.807, 2.05) is 6.92 Å². The first-order valence-corrected chi connectivity index (χ1v) is 5.81. The summed E-state index contributed by atoms with van der Waals surface area (Å²) in [6.45, 7) is 4.43. The number of amides is 1. The highest BCUT2D eigenvalue weighted by Crippen LogP contribution is 2.05. The van der Waals surface area contributed by atoms with Crippen LogP contribution in [0.5, 0.6) is 0 Å². The molecule has 1 aliphatic heterocycles. The highest BCUT2D eigenvalue weighted by atomic mass is 16.5. The summed E-state index contributed by atoms with van der Waals surface area (Å²) in [5.74, 6) is 0.0241. The third-order valence-electron chi connectivity index (χ3n) is 2.60. The first-order chi connectivity index (χ1) is 7.72. The van der Waals surface area contributed by atoms with Gasteiger partial charge >= 0.3 is 0 Å². The molecule has 1 amide bonds. The fourth-order valence-electron chi connectivity index (χ4n) is 1.76. The molecule has 94 valence electrons. The second kappa shape index (κ2) is 7.60. The van der Waals surface area contributed by atoms with E-state index in [4.69, 9.17) is 9.47 Å². The van der Waals surface area contributed by atoms with Crippen molar-refractivity contribution in [1.29, 1.82) is 0 Å². The molecule has 5 heteroatoms. The number of hydrogen-bond acceptors (Lipinski definition) is 4. The van der Waals surface area contributed by atoms with E-state index < -0.39 is 0 Å². The van der Waals surface area contributed by atoms with Gasteiger partial charge in [0.15, 0.2) is 0 Å². The summed E-state index contributed by atoms with van der Waals surface area (Å²) in [5.41, 5.74) is 0. The number of carbonyl (C=O) groups is 1. The maximum absolute atomic E-state index is 11.5. The summed E-state index contributed by atoms with van der Waals surface area (Å²) in [6.07, 6.45) is 1.97. The molecule has 1 saturated heterocycles. The van der Waals surface area contributed by atoms with Crippen molar-refractivity contribution in [3.63, 3.8) is 0 Å². The van der Waals surface area contributed by atoms with E-state index in [1.54, 1.807) is 7.11 Å². The molecular weight excluding hydrogens is 208 g/mol. The fraction of sp³-hybridized carbons (Fsp3) is 0.909. The van der Waals surface area contributed by atoms with E-state index in [2.05, 4.69) is 10.6 Å². The molecule has 1 atom stereocenters. The average Bonchev–Trinajstić information content (AvgIpc) is 2.28. The normalized spacial score (nSPS) is 19.4. The van der Waals surface area contributed by atoms with Crippen molar-refractivity contribution in [3.05, 3.63) is 0 Å². The average molecular weight is 230 g/mol. The number of rotatable bonds is 6. The van der Waals surface area contributed by atoms with Crippen LogP contribution in [-0.4, -0.2) is 51.5 Å². The SMILES string of the molecule is COCC(C)NC(=O)CNC1CCOCC1. The maximum atomic E-state index is 11.5. The van der Waals surface area contributed by atoms with Gasteiger partial charge in [-0.2, -0.15) is 0 Å². The summed E-state index contributed by atoms with van der Waals surface area (Å²) in [6, 6.07) is 0.478. The van der Waals surface area contributed by atoms with Crippen LogP contribution < -0.4 is 10.6 Å². The Morgan fingerprint density at radius 3 is 2.81 bits per heavy atom. The van der Waals surface area contributed by atoms with Gasteiger partial charge in [-0.15, -0.1) is 0 Å². The van der Waals surface area contributed by atoms with E-state index in [0.717, 1.165) is 26.1 Å². The zero-order chi connectivity index (χ0) is 11.8. The molecule has 1 unspecified atom stereocenters. The molecule has 0 aromatic carbocycles. The predicted octanol–water partition coefficient (Wildman–Crippen LogP) is -0.0939. The standard InChI is InChI=1S/C11H22N2O3/c1-9(8-15-2)13-11(14)7-12-10-3-5-16-6-4-10/h9-10,12H,3-8H2,1-2H3,(H,13,14). The van der Waals surface area contributed by atoms with Gasteiger partial charge in [-0.05, 0) is 19.8 Å². The highest BCUT2D eigenvalue weighted by Gasteiger charge is 2.14. The molecule has 1 rings (SSSR count). The molecule has 0 spiro atoms. The Morgan fingerprint density at radius 1 is 1.50 bits per heavy atom. The lowest BCUT2D eigenvalue weighted by molar-refractivity contribution is -0.121. The molecule has 0 aliphatic carbocycles. The molecule has 0 radical (unpaired) electrons. The van der Waals surface area contributed by atoms with Crippen molar-refractivity contribution in [2.24, 2.45) is 0 Å². The molecule has 0 aromatic rings. The summed E-state index contributed by atoms with van der Waals surface area (Å²) < 4.78 is 10.2. The topological polar surface area (TPSA) is 59.6 Å². The van der Waals surface area contributed by atoms with Crippen LogP contribution in [-0.2, 0) is 14.3 Å². The minimum Gasteiger partial charge on any atom is -0.383 e. The third-order valence-corrected chi connectivity index (χ3v) is 2.60. The maximum Gasteiger partial charge on any atom is 0.234 e. The Hall–Kier alpha value is -0.650. The zero-order valence-corrected chi connectivity index (χ0v) is 10.1. The second-order valence-electron chi connectivity index (χ2n) is 4.19. The number of hydrogen-bond donors (Lipinski definition) is 2. The molecule has 16 heavy (non-hydrogen) atoms.